The van der Waals surface area contributed by atoms with Crippen molar-refractivity contribution in [3.05, 3.63) is 47.8 Å². The summed E-state index contributed by atoms with van der Waals surface area (Å²) in [5, 5.41) is 10.3. The summed E-state index contributed by atoms with van der Waals surface area (Å²) in [4.78, 5) is 14.2. The van der Waals surface area contributed by atoms with Crippen LogP contribution in [0.2, 0.25) is 0 Å². The molecule has 0 saturated carbocycles. The molecule has 1 fully saturated rings. The van der Waals surface area contributed by atoms with E-state index >= 15 is 0 Å². The third-order valence-electron chi connectivity index (χ3n) is 4.80. The third-order valence-corrected chi connectivity index (χ3v) is 4.80. The molecule has 3 aromatic rings. The summed E-state index contributed by atoms with van der Waals surface area (Å²) < 4.78 is 30.7. The first-order valence-corrected chi connectivity index (χ1v) is 9.53. The number of aromatic carboxylic acids is 1. The van der Waals surface area contributed by atoms with E-state index in [2.05, 4.69) is 4.90 Å². The Hall–Kier alpha value is -3.06. The molecule has 1 aromatic heterocycles. The molecule has 0 radical (unpaired) electrons. The molecule has 1 aliphatic heterocycles. The summed E-state index contributed by atoms with van der Waals surface area (Å²) in [5.41, 5.74) is 1.82. The Kier molecular flexibility index (Phi) is 5.15. The Morgan fingerprint density at radius 2 is 1.86 bits per heavy atom. The van der Waals surface area contributed by atoms with Gasteiger partial charge in [-0.05, 0) is 44.2 Å². The van der Waals surface area contributed by atoms with Crippen LogP contribution in [0.15, 0.2) is 40.8 Å². The zero-order valence-electron chi connectivity index (χ0n) is 16.3. The van der Waals surface area contributed by atoms with Gasteiger partial charge in [0.2, 0.25) is 0 Å². The maximum Gasteiger partial charge on any atom is 0.340 e. The quantitative estimate of drug-likeness (QED) is 0.678. The summed E-state index contributed by atoms with van der Waals surface area (Å²) >= 11 is 0. The molecule has 0 spiro atoms. The number of anilines is 1. The highest BCUT2D eigenvalue weighted by Crippen LogP contribution is 2.41. The predicted octanol–water partition coefficient (Wildman–Crippen LogP) is 4.56. The molecule has 0 aliphatic carbocycles. The van der Waals surface area contributed by atoms with Crippen molar-refractivity contribution in [3.8, 4) is 17.1 Å². The average molecular weight is 399 g/mol. The number of furan rings is 1. The lowest BCUT2D eigenvalue weighted by molar-refractivity contribution is 0.0699. The van der Waals surface area contributed by atoms with Gasteiger partial charge < -0.3 is 23.9 Å². The lowest BCUT2D eigenvalue weighted by atomic mass is 10.0. The fraction of sp³-hybridized carbons (Fsp3) is 0.318. The Bertz CT molecular complexity index is 1040. The standard InChI is InChI=1S/C22H22FNO5/c1-13(2)28-19-11-16-18(12-17(19)24-7-9-27-10-8-24)29-21(20(16)22(25)26)14-3-5-15(23)6-4-14/h3-6,11-13H,7-10H2,1-2H3,(H,25,26). The molecule has 152 valence electrons. The Morgan fingerprint density at radius 1 is 1.17 bits per heavy atom. The number of ether oxygens (including phenoxy) is 2. The smallest absolute Gasteiger partial charge is 0.340 e. The highest BCUT2D eigenvalue weighted by molar-refractivity contribution is 6.09. The zero-order valence-corrected chi connectivity index (χ0v) is 16.3. The van der Waals surface area contributed by atoms with E-state index in [0.717, 1.165) is 5.69 Å². The maximum absolute atomic E-state index is 13.3. The number of carboxylic acids is 1. The van der Waals surface area contributed by atoms with Gasteiger partial charge in [0, 0.05) is 30.1 Å². The average Bonchev–Trinajstić information content (AvgIpc) is 3.06. The van der Waals surface area contributed by atoms with E-state index in [-0.39, 0.29) is 17.4 Å². The van der Waals surface area contributed by atoms with Crippen LogP contribution in [0, 0.1) is 5.82 Å². The van der Waals surface area contributed by atoms with Crippen LogP contribution in [-0.4, -0.2) is 43.5 Å². The number of morpholine rings is 1. The van der Waals surface area contributed by atoms with E-state index < -0.39 is 11.8 Å². The summed E-state index contributed by atoms with van der Waals surface area (Å²) in [6, 6.07) is 9.11. The lowest BCUT2D eigenvalue weighted by Gasteiger charge is -2.30. The van der Waals surface area contributed by atoms with Crippen LogP contribution in [0.25, 0.3) is 22.3 Å². The van der Waals surface area contributed by atoms with Crippen LogP contribution in [-0.2, 0) is 4.74 Å². The first-order valence-electron chi connectivity index (χ1n) is 9.53. The molecule has 1 saturated heterocycles. The summed E-state index contributed by atoms with van der Waals surface area (Å²) in [6.07, 6.45) is -0.0796. The van der Waals surface area contributed by atoms with Crippen molar-refractivity contribution in [1.29, 1.82) is 0 Å². The molecule has 0 unspecified atom stereocenters. The molecule has 0 amide bonds. The van der Waals surface area contributed by atoms with Crippen LogP contribution in [0.5, 0.6) is 5.75 Å². The Morgan fingerprint density at radius 3 is 2.48 bits per heavy atom. The molecule has 6 nitrogen and oxygen atoms in total. The van der Waals surface area contributed by atoms with Crippen LogP contribution < -0.4 is 9.64 Å². The normalized spacial score (nSPS) is 14.6. The molecule has 0 bridgehead atoms. The van der Waals surface area contributed by atoms with E-state index in [9.17, 15) is 14.3 Å². The summed E-state index contributed by atoms with van der Waals surface area (Å²) in [7, 11) is 0. The largest absolute Gasteiger partial charge is 0.489 e. The SMILES string of the molecule is CC(C)Oc1cc2c(C(=O)O)c(-c3ccc(F)cc3)oc2cc1N1CCOCC1. The number of benzene rings is 2. The monoisotopic (exact) mass is 399 g/mol. The molecule has 1 N–H and O–H groups in total. The summed E-state index contributed by atoms with van der Waals surface area (Å²) in [6.45, 7) is 6.47. The van der Waals surface area contributed by atoms with Crippen molar-refractivity contribution in [3.63, 3.8) is 0 Å². The molecule has 4 rings (SSSR count). The van der Waals surface area contributed by atoms with Gasteiger partial charge in [-0.15, -0.1) is 0 Å². The topological polar surface area (TPSA) is 72.1 Å². The number of hydrogen-bond donors (Lipinski definition) is 1. The minimum Gasteiger partial charge on any atom is -0.489 e. The zero-order chi connectivity index (χ0) is 20.5. The molecule has 2 heterocycles. The van der Waals surface area contributed by atoms with Crippen LogP contribution in [0.4, 0.5) is 10.1 Å². The van der Waals surface area contributed by atoms with Crippen molar-refractivity contribution in [2.75, 3.05) is 31.2 Å². The Labute approximate surface area is 167 Å². The van der Waals surface area contributed by atoms with Gasteiger partial charge in [-0.2, -0.15) is 0 Å². The number of carbonyl (C=O) groups is 1. The van der Waals surface area contributed by atoms with Gasteiger partial charge >= 0.3 is 5.97 Å². The third kappa shape index (κ3) is 3.78. The summed E-state index contributed by atoms with van der Waals surface area (Å²) in [5.74, 6) is -0.716. The van der Waals surface area contributed by atoms with Crippen LogP contribution in [0.3, 0.4) is 0 Å². The van der Waals surface area contributed by atoms with Crippen molar-refractivity contribution >= 4 is 22.6 Å². The van der Waals surface area contributed by atoms with Gasteiger partial charge in [-0.3, -0.25) is 0 Å². The number of fused-ring (bicyclic) bond motifs is 1. The van der Waals surface area contributed by atoms with Gasteiger partial charge in [0.15, 0.2) is 0 Å². The maximum atomic E-state index is 13.3. The number of rotatable bonds is 5. The first-order chi connectivity index (χ1) is 13.9. The van der Waals surface area contributed by atoms with Gasteiger partial charge in [0.1, 0.15) is 28.5 Å². The van der Waals surface area contributed by atoms with E-state index in [4.69, 9.17) is 13.9 Å². The van der Waals surface area contributed by atoms with Crippen molar-refractivity contribution in [2.24, 2.45) is 0 Å². The minimum atomic E-state index is -1.11. The van der Waals surface area contributed by atoms with Gasteiger partial charge in [0.25, 0.3) is 0 Å². The number of nitrogens with zero attached hydrogens (tertiary/aromatic N) is 1. The fourth-order valence-electron chi connectivity index (χ4n) is 3.53. The van der Waals surface area contributed by atoms with Crippen LogP contribution >= 0.6 is 0 Å². The van der Waals surface area contributed by atoms with E-state index in [0.29, 0.717) is 48.6 Å². The molecule has 29 heavy (non-hydrogen) atoms. The van der Waals surface area contributed by atoms with E-state index in [1.165, 1.54) is 24.3 Å². The number of hydrogen-bond acceptors (Lipinski definition) is 5. The predicted molar refractivity (Wildman–Crippen MR) is 107 cm³/mol. The van der Waals surface area contributed by atoms with Crippen molar-refractivity contribution in [2.45, 2.75) is 20.0 Å². The fourth-order valence-corrected chi connectivity index (χ4v) is 3.53. The van der Waals surface area contributed by atoms with Crippen molar-refractivity contribution < 1.29 is 28.2 Å². The second kappa shape index (κ2) is 7.75. The van der Waals surface area contributed by atoms with E-state index in [1.807, 2.05) is 19.9 Å². The van der Waals surface area contributed by atoms with Gasteiger partial charge in [0.05, 0.1) is 25.0 Å². The molecule has 0 atom stereocenters. The van der Waals surface area contributed by atoms with Crippen molar-refractivity contribution in [1.82, 2.24) is 0 Å². The van der Waals surface area contributed by atoms with Gasteiger partial charge in [-0.1, -0.05) is 0 Å². The number of halogens is 1. The molecule has 7 heteroatoms. The first kappa shape index (κ1) is 19.3. The molecular formula is C22H22FNO5. The highest BCUT2D eigenvalue weighted by atomic mass is 19.1. The lowest BCUT2D eigenvalue weighted by Crippen LogP contribution is -2.36. The highest BCUT2D eigenvalue weighted by Gasteiger charge is 2.25. The second-order valence-corrected chi connectivity index (χ2v) is 7.20. The molecule has 2 aromatic carbocycles. The number of carboxylic acid groups (broad SMARTS) is 1. The molecular weight excluding hydrogens is 377 g/mol. The molecule has 1 aliphatic rings. The second-order valence-electron chi connectivity index (χ2n) is 7.20. The van der Waals surface area contributed by atoms with Gasteiger partial charge in [-0.25, -0.2) is 9.18 Å². The van der Waals surface area contributed by atoms with E-state index in [1.54, 1.807) is 6.07 Å². The Balaban J connectivity index is 1.91. The minimum absolute atomic E-state index is 0.0359. The van der Waals surface area contributed by atoms with Crippen LogP contribution in [0.1, 0.15) is 24.2 Å².